The van der Waals surface area contributed by atoms with Gasteiger partial charge in [-0.05, 0) is 36.1 Å². The maximum atomic E-state index is 13.6. The molecule has 1 unspecified atom stereocenters. The molecule has 0 bridgehead atoms. The lowest BCUT2D eigenvalue weighted by Gasteiger charge is -2.28. The predicted octanol–water partition coefficient (Wildman–Crippen LogP) is 2.57. The number of anilines is 1. The minimum atomic E-state index is -1.42. The molecule has 2 aromatic carbocycles. The van der Waals surface area contributed by atoms with Gasteiger partial charge in [-0.25, -0.2) is 0 Å². The average molecular weight is 632 g/mol. The normalized spacial score (nSPS) is 14.9. The molecule has 0 aromatic heterocycles. The number of Topliss-reactive ketones (excluding diaryl/α,β-unsaturated/α-hetero) is 1. The molecule has 0 aliphatic heterocycles. The van der Waals surface area contributed by atoms with Gasteiger partial charge in [0.2, 0.25) is 11.7 Å². The standard InChI is InChI=1S/C29H35BrN4O7/c30-20-11-12-22(31)21(14-20)27(38)33-23(13-18-7-3-1-4-8-18)28(39)34-24(26(37)29(40)32-15-25(35)36)17-41-16-19-9-5-2-6-10-19/h2,5-6,9-12,14,18,23-24H,1,3-4,7-8,13,15-17,31H2,(H,32,40)(H,33,38)(H,34,39)(H,35,36)/t23-,24?/m1/s1. The Labute approximate surface area is 246 Å². The van der Waals surface area contributed by atoms with E-state index in [0.717, 1.165) is 37.7 Å². The summed E-state index contributed by atoms with van der Waals surface area (Å²) in [4.78, 5) is 63.0. The van der Waals surface area contributed by atoms with Gasteiger partial charge in [0.05, 0.1) is 18.8 Å². The van der Waals surface area contributed by atoms with Crippen LogP contribution in [0.3, 0.4) is 0 Å². The number of ether oxygens (including phenoxy) is 1. The number of hydrogen-bond acceptors (Lipinski definition) is 7. The average Bonchev–Trinajstić information content (AvgIpc) is 2.96. The van der Waals surface area contributed by atoms with Crippen molar-refractivity contribution in [3.63, 3.8) is 0 Å². The lowest BCUT2D eigenvalue weighted by molar-refractivity contribution is -0.143. The number of nitrogen functional groups attached to an aromatic ring is 1. The van der Waals surface area contributed by atoms with Gasteiger partial charge in [-0.15, -0.1) is 0 Å². The lowest BCUT2D eigenvalue weighted by Crippen LogP contribution is -2.56. The topological polar surface area (TPSA) is 177 Å². The third-order valence-electron chi connectivity index (χ3n) is 6.83. The summed E-state index contributed by atoms with van der Waals surface area (Å²) < 4.78 is 6.29. The van der Waals surface area contributed by atoms with Crippen molar-refractivity contribution in [3.8, 4) is 0 Å². The van der Waals surface area contributed by atoms with Gasteiger partial charge in [0.25, 0.3) is 11.8 Å². The van der Waals surface area contributed by atoms with E-state index < -0.39 is 48.1 Å². The smallest absolute Gasteiger partial charge is 0.322 e. The first-order valence-electron chi connectivity index (χ1n) is 13.5. The van der Waals surface area contributed by atoms with Gasteiger partial charge in [-0.2, -0.15) is 0 Å². The monoisotopic (exact) mass is 630 g/mol. The van der Waals surface area contributed by atoms with Crippen LogP contribution in [0.1, 0.15) is 54.4 Å². The third-order valence-corrected chi connectivity index (χ3v) is 7.32. The Balaban J connectivity index is 1.78. The summed E-state index contributed by atoms with van der Waals surface area (Å²) >= 11 is 3.32. The van der Waals surface area contributed by atoms with E-state index in [-0.39, 0.29) is 30.4 Å². The van der Waals surface area contributed by atoms with Crippen molar-refractivity contribution in [1.82, 2.24) is 16.0 Å². The van der Waals surface area contributed by atoms with Crippen molar-refractivity contribution in [2.45, 2.75) is 57.2 Å². The van der Waals surface area contributed by atoms with Crippen LogP contribution in [0.15, 0.2) is 53.0 Å². The molecule has 0 heterocycles. The highest BCUT2D eigenvalue weighted by Crippen LogP contribution is 2.28. The Morgan fingerprint density at radius 1 is 0.976 bits per heavy atom. The molecule has 11 nitrogen and oxygen atoms in total. The zero-order chi connectivity index (χ0) is 29.8. The predicted molar refractivity (Wildman–Crippen MR) is 155 cm³/mol. The molecule has 6 N–H and O–H groups in total. The van der Waals surface area contributed by atoms with Crippen LogP contribution in [0, 0.1) is 5.92 Å². The number of carboxylic acid groups (broad SMARTS) is 1. The van der Waals surface area contributed by atoms with Gasteiger partial charge < -0.3 is 31.5 Å². The fourth-order valence-corrected chi connectivity index (χ4v) is 5.04. The van der Waals surface area contributed by atoms with Crippen molar-refractivity contribution in [2.24, 2.45) is 5.92 Å². The molecular weight excluding hydrogens is 596 g/mol. The molecule has 2 aromatic rings. The Bertz CT molecular complexity index is 1230. The van der Waals surface area contributed by atoms with E-state index in [9.17, 15) is 24.0 Å². The number of rotatable bonds is 14. The number of halogens is 1. The van der Waals surface area contributed by atoms with Crippen molar-refractivity contribution < 1.29 is 33.8 Å². The third kappa shape index (κ3) is 10.3. The zero-order valence-electron chi connectivity index (χ0n) is 22.6. The quantitative estimate of drug-likeness (QED) is 0.156. The molecular formula is C29H35BrN4O7. The molecule has 1 saturated carbocycles. The second kappa shape index (κ2) is 15.9. The largest absolute Gasteiger partial charge is 0.480 e. The molecule has 3 amide bonds. The van der Waals surface area contributed by atoms with Crippen LogP contribution in [0.2, 0.25) is 0 Å². The van der Waals surface area contributed by atoms with Crippen LogP contribution in [0.25, 0.3) is 0 Å². The summed E-state index contributed by atoms with van der Waals surface area (Å²) in [6.07, 6.45) is 5.28. The number of aliphatic carboxylic acids is 1. The van der Waals surface area contributed by atoms with E-state index in [1.165, 1.54) is 0 Å². The number of carboxylic acids is 1. The van der Waals surface area contributed by atoms with E-state index in [0.29, 0.717) is 10.9 Å². The minimum Gasteiger partial charge on any atom is -0.480 e. The van der Waals surface area contributed by atoms with Crippen LogP contribution < -0.4 is 21.7 Å². The van der Waals surface area contributed by atoms with Crippen molar-refractivity contribution in [1.29, 1.82) is 0 Å². The van der Waals surface area contributed by atoms with Crippen LogP contribution in [-0.2, 0) is 30.5 Å². The second-order valence-corrected chi connectivity index (χ2v) is 10.9. The maximum Gasteiger partial charge on any atom is 0.322 e. The van der Waals surface area contributed by atoms with E-state index in [2.05, 4.69) is 26.6 Å². The fourth-order valence-electron chi connectivity index (χ4n) is 4.67. The molecule has 1 aliphatic carbocycles. The first-order chi connectivity index (χ1) is 19.6. The fraction of sp³-hybridized carbons (Fsp3) is 0.414. The number of hydrogen-bond donors (Lipinski definition) is 5. The summed E-state index contributed by atoms with van der Waals surface area (Å²) in [6, 6.07) is 11.5. The molecule has 2 atom stereocenters. The summed E-state index contributed by atoms with van der Waals surface area (Å²) in [5.74, 6) is -4.59. The molecule has 1 fully saturated rings. The van der Waals surface area contributed by atoms with Crippen molar-refractivity contribution in [2.75, 3.05) is 18.9 Å². The molecule has 3 rings (SSSR count). The number of nitrogens with two attached hydrogens (primary N) is 1. The zero-order valence-corrected chi connectivity index (χ0v) is 24.2. The van der Waals surface area contributed by atoms with Gasteiger partial charge >= 0.3 is 5.97 Å². The van der Waals surface area contributed by atoms with Crippen molar-refractivity contribution in [3.05, 3.63) is 64.1 Å². The molecule has 0 saturated heterocycles. The van der Waals surface area contributed by atoms with Gasteiger partial charge in [0, 0.05) is 10.2 Å². The molecule has 1 aliphatic rings. The van der Waals surface area contributed by atoms with E-state index in [4.69, 9.17) is 15.6 Å². The Morgan fingerprint density at radius 2 is 1.68 bits per heavy atom. The number of carbonyl (C=O) groups excluding carboxylic acids is 4. The molecule has 0 spiro atoms. The SMILES string of the molecule is Nc1ccc(Br)cc1C(=O)N[C@H](CC1CCCCC1)C(=O)NC(COCc1ccccc1)C(=O)C(=O)NCC(=O)O. The molecule has 0 radical (unpaired) electrons. The van der Waals surface area contributed by atoms with Crippen molar-refractivity contribution >= 4 is 51.1 Å². The molecule has 12 heteroatoms. The molecule has 41 heavy (non-hydrogen) atoms. The van der Waals surface area contributed by atoms with Crippen LogP contribution in [-0.4, -0.2) is 59.8 Å². The van der Waals surface area contributed by atoms with Crippen LogP contribution >= 0.6 is 15.9 Å². The number of amides is 3. The first kappa shape index (κ1) is 31.8. The number of ketones is 1. The second-order valence-electron chi connectivity index (χ2n) is 10.00. The van der Waals surface area contributed by atoms with Crippen LogP contribution in [0.4, 0.5) is 5.69 Å². The highest BCUT2D eigenvalue weighted by molar-refractivity contribution is 9.10. The van der Waals surface area contributed by atoms with E-state index >= 15 is 0 Å². The Hall–Kier alpha value is -3.77. The van der Waals surface area contributed by atoms with Crippen LogP contribution in [0.5, 0.6) is 0 Å². The summed E-state index contributed by atoms with van der Waals surface area (Å²) in [6.45, 7) is -0.991. The summed E-state index contributed by atoms with van der Waals surface area (Å²) in [5.41, 5.74) is 7.24. The first-order valence-corrected chi connectivity index (χ1v) is 14.2. The van der Waals surface area contributed by atoms with Gasteiger partial charge in [0.15, 0.2) is 0 Å². The number of carbonyl (C=O) groups is 5. The van der Waals surface area contributed by atoms with E-state index in [1.54, 1.807) is 18.2 Å². The minimum absolute atomic E-state index is 0.113. The maximum absolute atomic E-state index is 13.6. The van der Waals surface area contributed by atoms with Gasteiger partial charge in [-0.3, -0.25) is 24.0 Å². The van der Waals surface area contributed by atoms with E-state index in [1.807, 2.05) is 35.6 Å². The Kier molecular flexibility index (Phi) is 12.3. The number of benzene rings is 2. The number of nitrogens with one attached hydrogen (secondary N) is 3. The van der Waals surface area contributed by atoms with Gasteiger partial charge in [0.1, 0.15) is 18.6 Å². The highest BCUT2D eigenvalue weighted by atomic mass is 79.9. The Morgan fingerprint density at radius 3 is 2.37 bits per heavy atom. The highest BCUT2D eigenvalue weighted by Gasteiger charge is 2.32. The summed E-state index contributed by atoms with van der Waals surface area (Å²) in [5, 5.41) is 16.2. The molecule has 220 valence electrons. The summed E-state index contributed by atoms with van der Waals surface area (Å²) in [7, 11) is 0. The lowest BCUT2D eigenvalue weighted by atomic mass is 9.84. The van der Waals surface area contributed by atoms with Gasteiger partial charge in [-0.1, -0.05) is 78.4 Å².